The van der Waals surface area contributed by atoms with Gasteiger partial charge in [0, 0.05) is 35.7 Å². The third-order valence-corrected chi connectivity index (χ3v) is 4.97. The number of benzene rings is 2. The number of halogens is 2. The van der Waals surface area contributed by atoms with Gasteiger partial charge in [0.15, 0.2) is 0 Å². The van der Waals surface area contributed by atoms with Crippen LogP contribution in [-0.4, -0.2) is 24.3 Å². The molecule has 1 aliphatic heterocycles. The molecule has 2 aromatic carbocycles. The average Bonchev–Trinajstić information content (AvgIpc) is 2.99. The van der Waals surface area contributed by atoms with Gasteiger partial charge in [0.1, 0.15) is 0 Å². The number of nitrogens with one attached hydrogen (secondary N) is 2. The van der Waals surface area contributed by atoms with Crippen LogP contribution in [0, 0.1) is 5.92 Å². The molecule has 0 aromatic heterocycles. The Morgan fingerprint density at radius 3 is 2.63 bits per heavy atom. The van der Waals surface area contributed by atoms with Crippen molar-refractivity contribution in [3.8, 4) is 0 Å². The van der Waals surface area contributed by atoms with Gasteiger partial charge in [-0.05, 0) is 36.4 Å². The van der Waals surface area contributed by atoms with Crippen LogP contribution in [0.1, 0.15) is 13.3 Å². The Morgan fingerprint density at radius 1 is 1.19 bits per heavy atom. The fraction of sp³-hybridized carbons (Fsp3) is 0.211. The van der Waals surface area contributed by atoms with E-state index in [1.807, 2.05) is 24.3 Å². The Hall–Kier alpha value is -2.38. The number of hydrogen-bond donors (Lipinski definition) is 2. The van der Waals surface area contributed by atoms with Crippen LogP contribution in [-0.2, 0) is 14.4 Å². The van der Waals surface area contributed by atoms with Crippen molar-refractivity contribution in [2.45, 2.75) is 13.3 Å². The summed E-state index contributed by atoms with van der Waals surface area (Å²) >= 11 is 9.51. The van der Waals surface area contributed by atoms with Crippen LogP contribution >= 0.6 is 27.5 Å². The fourth-order valence-corrected chi connectivity index (χ4v) is 3.52. The molecule has 1 unspecified atom stereocenters. The number of carbonyl (C=O) groups is 3. The van der Waals surface area contributed by atoms with Crippen molar-refractivity contribution >= 4 is 62.3 Å². The minimum absolute atomic E-state index is 0.0905. The van der Waals surface area contributed by atoms with Crippen molar-refractivity contribution < 1.29 is 14.4 Å². The van der Waals surface area contributed by atoms with Crippen LogP contribution in [0.15, 0.2) is 46.9 Å². The smallest absolute Gasteiger partial charge is 0.229 e. The molecular weight excluding hydrogens is 434 g/mol. The molecule has 0 aliphatic carbocycles. The number of amides is 3. The third kappa shape index (κ3) is 4.67. The Balaban J connectivity index is 1.67. The zero-order chi connectivity index (χ0) is 19.6. The zero-order valence-corrected chi connectivity index (χ0v) is 16.8. The topological polar surface area (TPSA) is 78.5 Å². The first-order valence-corrected chi connectivity index (χ1v) is 9.44. The summed E-state index contributed by atoms with van der Waals surface area (Å²) in [4.78, 5) is 37.6. The normalized spacial score (nSPS) is 16.3. The van der Waals surface area contributed by atoms with Crippen molar-refractivity contribution in [2.24, 2.45) is 5.92 Å². The number of nitrogens with zero attached hydrogens (tertiary/aromatic N) is 1. The number of rotatable bonds is 4. The van der Waals surface area contributed by atoms with Crippen molar-refractivity contribution in [1.29, 1.82) is 0 Å². The molecule has 0 bridgehead atoms. The molecule has 1 atom stereocenters. The lowest BCUT2D eigenvalue weighted by Gasteiger charge is -2.17. The highest BCUT2D eigenvalue weighted by Crippen LogP contribution is 2.29. The molecule has 2 N–H and O–H groups in total. The predicted molar refractivity (Wildman–Crippen MR) is 109 cm³/mol. The fourth-order valence-electron chi connectivity index (χ4n) is 2.90. The first-order valence-electron chi connectivity index (χ1n) is 8.27. The highest BCUT2D eigenvalue weighted by atomic mass is 79.9. The summed E-state index contributed by atoms with van der Waals surface area (Å²) < 4.78 is 0.870. The van der Waals surface area contributed by atoms with Gasteiger partial charge in [-0.15, -0.1) is 0 Å². The van der Waals surface area contributed by atoms with Crippen LogP contribution in [0.3, 0.4) is 0 Å². The molecule has 6 nitrogen and oxygen atoms in total. The van der Waals surface area contributed by atoms with Crippen molar-refractivity contribution in [2.75, 3.05) is 22.1 Å². The van der Waals surface area contributed by atoms with Gasteiger partial charge in [-0.1, -0.05) is 33.6 Å². The number of hydrogen-bond acceptors (Lipinski definition) is 3. The zero-order valence-electron chi connectivity index (χ0n) is 14.5. The average molecular weight is 451 g/mol. The molecule has 1 aliphatic rings. The van der Waals surface area contributed by atoms with Gasteiger partial charge in [0.25, 0.3) is 0 Å². The molecule has 1 fully saturated rings. The minimum Gasteiger partial charge on any atom is -0.326 e. The van der Waals surface area contributed by atoms with E-state index in [9.17, 15) is 14.4 Å². The van der Waals surface area contributed by atoms with Gasteiger partial charge in [-0.2, -0.15) is 0 Å². The quantitative estimate of drug-likeness (QED) is 0.737. The SMILES string of the molecule is CC(=O)Nc1ccc(NC(=O)C2CC(=O)N(c3cccc(Br)c3)C2)cc1Cl. The van der Waals surface area contributed by atoms with Crippen LogP contribution in [0.4, 0.5) is 17.1 Å². The van der Waals surface area contributed by atoms with Crippen molar-refractivity contribution in [3.05, 3.63) is 52.0 Å². The van der Waals surface area contributed by atoms with Gasteiger partial charge >= 0.3 is 0 Å². The van der Waals surface area contributed by atoms with E-state index in [4.69, 9.17) is 11.6 Å². The highest BCUT2D eigenvalue weighted by molar-refractivity contribution is 9.10. The van der Waals surface area contributed by atoms with Gasteiger partial charge < -0.3 is 15.5 Å². The Bertz CT molecular complexity index is 919. The second-order valence-electron chi connectivity index (χ2n) is 6.25. The maximum atomic E-state index is 12.6. The summed E-state index contributed by atoms with van der Waals surface area (Å²) in [6, 6.07) is 12.2. The molecule has 8 heteroatoms. The van der Waals surface area contributed by atoms with Crippen molar-refractivity contribution in [1.82, 2.24) is 0 Å². The van der Waals surface area contributed by atoms with E-state index in [1.54, 1.807) is 23.1 Å². The molecule has 1 heterocycles. The summed E-state index contributed by atoms with van der Waals surface area (Å²) in [6.07, 6.45) is 0.149. The molecule has 0 saturated carbocycles. The monoisotopic (exact) mass is 449 g/mol. The molecule has 0 radical (unpaired) electrons. The van der Waals surface area contributed by atoms with E-state index in [1.165, 1.54) is 6.92 Å². The maximum Gasteiger partial charge on any atom is 0.229 e. The van der Waals surface area contributed by atoms with Gasteiger partial charge in [0.05, 0.1) is 16.6 Å². The molecule has 27 heavy (non-hydrogen) atoms. The van der Waals surface area contributed by atoms with Crippen LogP contribution in [0.25, 0.3) is 0 Å². The number of anilines is 3. The van der Waals surface area contributed by atoms with Crippen LogP contribution < -0.4 is 15.5 Å². The second-order valence-corrected chi connectivity index (χ2v) is 7.57. The van der Waals surface area contributed by atoms with E-state index in [-0.39, 0.29) is 24.1 Å². The molecule has 3 amide bonds. The Labute approximate surface area is 170 Å². The second kappa shape index (κ2) is 8.10. The first kappa shape index (κ1) is 19.4. The molecule has 3 rings (SSSR count). The van der Waals surface area contributed by atoms with E-state index in [2.05, 4.69) is 26.6 Å². The summed E-state index contributed by atoms with van der Waals surface area (Å²) in [5.41, 5.74) is 1.74. The summed E-state index contributed by atoms with van der Waals surface area (Å²) in [7, 11) is 0. The molecule has 1 saturated heterocycles. The van der Waals surface area contributed by atoms with Gasteiger partial charge in [-0.3, -0.25) is 14.4 Å². The highest BCUT2D eigenvalue weighted by Gasteiger charge is 2.35. The number of carbonyl (C=O) groups excluding carboxylic acids is 3. The minimum atomic E-state index is -0.453. The third-order valence-electron chi connectivity index (χ3n) is 4.16. The van der Waals surface area contributed by atoms with Gasteiger partial charge in [-0.25, -0.2) is 0 Å². The first-order chi connectivity index (χ1) is 12.8. The standard InChI is InChI=1S/C19H17BrClN3O3/c1-11(25)22-17-6-5-14(9-16(17)21)23-19(27)12-7-18(26)24(10-12)15-4-2-3-13(20)8-15/h2-6,8-9,12H,7,10H2,1H3,(H,22,25)(H,23,27). The Kier molecular flexibility index (Phi) is 5.82. The van der Waals surface area contributed by atoms with Gasteiger partial charge in [0.2, 0.25) is 17.7 Å². The summed E-state index contributed by atoms with van der Waals surface area (Å²) in [6.45, 7) is 1.71. The molecule has 140 valence electrons. The summed E-state index contributed by atoms with van der Waals surface area (Å²) in [5.74, 6) is -1.02. The maximum absolute atomic E-state index is 12.6. The van der Waals surface area contributed by atoms with E-state index in [0.29, 0.717) is 22.9 Å². The summed E-state index contributed by atoms with van der Waals surface area (Å²) in [5, 5.41) is 5.71. The lowest BCUT2D eigenvalue weighted by atomic mass is 10.1. The molecular formula is C19H17BrClN3O3. The molecule has 2 aromatic rings. The van der Waals surface area contributed by atoms with Crippen molar-refractivity contribution in [3.63, 3.8) is 0 Å². The van der Waals surface area contributed by atoms with Crippen LogP contribution in [0.5, 0.6) is 0 Å². The molecule has 0 spiro atoms. The van der Waals surface area contributed by atoms with E-state index < -0.39 is 5.92 Å². The Morgan fingerprint density at radius 2 is 1.96 bits per heavy atom. The lowest BCUT2D eigenvalue weighted by molar-refractivity contribution is -0.122. The predicted octanol–water partition coefficient (Wildman–Crippen LogP) is 4.05. The lowest BCUT2D eigenvalue weighted by Crippen LogP contribution is -2.28. The largest absolute Gasteiger partial charge is 0.326 e. The van der Waals surface area contributed by atoms with Crippen LogP contribution in [0.2, 0.25) is 5.02 Å². The van der Waals surface area contributed by atoms with E-state index >= 15 is 0 Å². The van der Waals surface area contributed by atoms with E-state index in [0.717, 1.165) is 10.2 Å².